The zero-order valence-corrected chi connectivity index (χ0v) is 12.7. The van der Waals surface area contributed by atoms with Crippen LogP contribution in [-0.2, 0) is 4.79 Å². The van der Waals surface area contributed by atoms with Crippen molar-refractivity contribution >= 4 is 23.3 Å². The van der Waals surface area contributed by atoms with E-state index in [-0.39, 0.29) is 17.7 Å². The molecule has 0 spiro atoms. The number of halogens is 1. The normalized spacial score (nSPS) is 18.9. The van der Waals surface area contributed by atoms with Crippen LogP contribution in [0.15, 0.2) is 18.2 Å². The van der Waals surface area contributed by atoms with Crippen molar-refractivity contribution in [2.75, 3.05) is 6.54 Å². The Morgan fingerprint density at radius 3 is 2.80 bits per heavy atom. The van der Waals surface area contributed by atoms with E-state index in [2.05, 4.69) is 0 Å². The molecular formula is C16H20ClNO2. The third-order valence-corrected chi connectivity index (χ3v) is 4.32. The highest BCUT2D eigenvalue weighted by atomic mass is 35.5. The average Bonchev–Trinajstić information content (AvgIpc) is 2.41. The first-order chi connectivity index (χ1) is 9.50. The molecule has 1 aliphatic rings. The molecule has 0 N–H and O–H groups in total. The van der Waals surface area contributed by atoms with Crippen molar-refractivity contribution in [1.29, 1.82) is 0 Å². The summed E-state index contributed by atoms with van der Waals surface area (Å²) in [7, 11) is 0. The average molecular weight is 294 g/mol. The molecule has 1 aromatic rings. The minimum Gasteiger partial charge on any atom is -0.335 e. The van der Waals surface area contributed by atoms with E-state index in [1.54, 1.807) is 19.1 Å². The molecule has 3 nitrogen and oxygen atoms in total. The van der Waals surface area contributed by atoms with Crippen LogP contribution in [0.4, 0.5) is 0 Å². The van der Waals surface area contributed by atoms with Crippen molar-refractivity contribution < 1.29 is 9.59 Å². The van der Waals surface area contributed by atoms with E-state index in [1.165, 1.54) is 0 Å². The van der Waals surface area contributed by atoms with Gasteiger partial charge in [0.2, 0.25) is 0 Å². The molecule has 0 aliphatic carbocycles. The van der Waals surface area contributed by atoms with Crippen molar-refractivity contribution in [1.82, 2.24) is 4.90 Å². The quantitative estimate of drug-likeness (QED) is 0.853. The fourth-order valence-electron chi connectivity index (χ4n) is 2.81. The molecule has 0 saturated carbocycles. The Balaban J connectivity index is 2.25. The van der Waals surface area contributed by atoms with E-state index < -0.39 is 0 Å². The second-order valence-corrected chi connectivity index (χ2v) is 5.87. The molecule has 1 unspecified atom stereocenters. The molecule has 1 fully saturated rings. The largest absolute Gasteiger partial charge is 0.335 e. The van der Waals surface area contributed by atoms with Crippen LogP contribution in [0.3, 0.4) is 0 Å². The molecule has 1 aliphatic heterocycles. The molecule has 20 heavy (non-hydrogen) atoms. The predicted molar refractivity (Wildman–Crippen MR) is 80.2 cm³/mol. The number of likely N-dealkylation sites (tertiary alicyclic amines) is 1. The van der Waals surface area contributed by atoms with Crippen LogP contribution in [0.2, 0.25) is 5.02 Å². The van der Waals surface area contributed by atoms with Gasteiger partial charge in [-0.15, -0.1) is 0 Å². The summed E-state index contributed by atoms with van der Waals surface area (Å²) in [6.45, 7) is 4.17. The Kier molecular flexibility index (Phi) is 4.81. The fourth-order valence-corrected chi connectivity index (χ4v) is 2.98. The van der Waals surface area contributed by atoms with E-state index in [0.717, 1.165) is 31.4 Å². The van der Waals surface area contributed by atoms with Crippen molar-refractivity contribution in [2.45, 2.75) is 45.6 Å². The zero-order valence-electron chi connectivity index (χ0n) is 12.0. The molecule has 0 radical (unpaired) electrons. The van der Waals surface area contributed by atoms with Crippen LogP contribution >= 0.6 is 11.6 Å². The number of amides is 1. The van der Waals surface area contributed by atoms with Crippen molar-refractivity contribution in [3.8, 4) is 0 Å². The first kappa shape index (κ1) is 15.0. The van der Waals surface area contributed by atoms with Gasteiger partial charge >= 0.3 is 0 Å². The molecule has 2 rings (SSSR count). The van der Waals surface area contributed by atoms with Gasteiger partial charge in [0.25, 0.3) is 5.91 Å². The van der Waals surface area contributed by atoms with Crippen molar-refractivity contribution in [2.24, 2.45) is 0 Å². The molecule has 0 aromatic heterocycles. The molecule has 108 valence electrons. The zero-order chi connectivity index (χ0) is 14.7. The lowest BCUT2D eigenvalue weighted by Gasteiger charge is -2.35. The molecule has 0 bridgehead atoms. The number of Topliss-reactive ketones (excluding diaryl/α,β-unsaturated/α-hetero) is 1. The molecular weight excluding hydrogens is 274 g/mol. The number of benzene rings is 1. The van der Waals surface area contributed by atoms with Crippen LogP contribution in [0, 0.1) is 6.92 Å². The third-order valence-electron chi connectivity index (χ3n) is 3.91. The lowest BCUT2D eigenvalue weighted by atomic mass is 9.96. The van der Waals surface area contributed by atoms with E-state index in [9.17, 15) is 9.59 Å². The topological polar surface area (TPSA) is 37.4 Å². The number of hydrogen-bond acceptors (Lipinski definition) is 2. The summed E-state index contributed by atoms with van der Waals surface area (Å²) in [5.74, 6) is 0.133. The van der Waals surface area contributed by atoms with Gasteiger partial charge in [-0.25, -0.2) is 0 Å². The minimum atomic E-state index is -0.00375. The van der Waals surface area contributed by atoms with E-state index in [4.69, 9.17) is 11.6 Å². The standard InChI is InChI=1S/C16H20ClNO2/c1-11(19)10-13-6-3-4-9-18(13)16(20)14-7-5-8-15(17)12(14)2/h5,7-8,13H,3-4,6,9-10H2,1-2H3. The summed E-state index contributed by atoms with van der Waals surface area (Å²) >= 11 is 6.09. The summed E-state index contributed by atoms with van der Waals surface area (Å²) < 4.78 is 0. The van der Waals surface area contributed by atoms with Crippen molar-refractivity contribution in [3.63, 3.8) is 0 Å². The maximum Gasteiger partial charge on any atom is 0.254 e. The van der Waals surface area contributed by atoms with Gasteiger partial charge in [0.15, 0.2) is 0 Å². The highest BCUT2D eigenvalue weighted by molar-refractivity contribution is 6.31. The van der Waals surface area contributed by atoms with Crippen LogP contribution in [0.25, 0.3) is 0 Å². The van der Waals surface area contributed by atoms with Gasteiger partial charge in [-0.3, -0.25) is 9.59 Å². The highest BCUT2D eigenvalue weighted by Gasteiger charge is 2.29. The first-order valence-corrected chi connectivity index (χ1v) is 7.44. The van der Waals surface area contributed by atoms with Gasteiger partial charge in [0, 0.05) is 29.6 Å². The smallest absolute Gasteiger partial charge is 0.254 e. The highest BCUT2D eigenvalue weighted by Crippen LogP contribution is 2.25. The van der Waals surface area contributed by atoms with Crippen molar-refractivity contribution in [3.05, 3.63) is 34.3 Å². The van der Waals surface area contributed by atoms with Crippen LogP contribution in [-0.4, -0.2) is 29.2 Å². The van der Waals surface area contributed by atoms with Gasteiger partial charge in [-0.05, 0) is 50.8 Å². The summed E-state index contributed by atoms with van der Waals surface area (Å²) in [6, 6.07) is 5.43. The van der Waals surface area contributed by atoms with Gasteiger partial charge < -0.3 is 4.90 Å². The number of piperidine rings is 1. The second-order valence-electron chi connectivity index (χ2n) is 5.47. The number of nitrogens with zero attached hydrogens (tertiary/aromatic N) is 1. The molecule has 1 amide bonds. The Morgan fingerprint density at radius 1 is 1.35 bits per heavy atom. The molecule has 4 heteroatoms. The number of hydrogen-bond donors (Lipinski definition) is 0. The number of carbonyl (C=O) groups excluding carboxylic acids is 2. The third kappa shape index (κ3) is 3.21. The second kappa shape index (κ2) is 6.40. The maximum absolute atomic E-state index is 12.7. The van der Waals surface area contributed by atoms with E-state index >= 15 is 0 Å². The number of carbonyl (C=O) groups is 2. The van der Waals surface area contributed by atoms with Gasteiger partial charge in [-0.2, -0.15) is 0 Å². The van der Waals surface area contributed by atoms with Gasteiger partial charge in [-0.1, -0.05) is 17.7 Å². The molecule has 1 aromatic carbocycles. The summed E-state index contributed by atoms with van der Waals surface area (Å²) in [4.78, 5) is 26.0. The van der Waals surface area contributed by atoms with Crippen LogP contribution in [0.5, 0.6) is 0 Å². The molecule has 1 heterocycles. The summed E-state index contributed by atoms with van der Waals surface area (Å²) in [6.07, 6.45) is 3.44. The number of rotatable bonds is 3. The summed E-state index contributed by atoms with van der Waals surface area (Å²) in [5, 5.41) is 0.607. The Morgan fingerprint density at radius 2 is 2.10 bits per heavy atom. The van der Waals surface area contributed by atoms with Gasteiger partial charge in [0.05, 0.1) is 0 Å². The monoisotopic (exact) mass is 293 g/mol. The summed E-state index contributed by atoms with van der Waals surface area (Å²) in [5.41, 5.74) is 1.46. The maximum atomic E-state index is 12.7. The Bertz CT molecular complexity index is 527. The lowest BCUT2D eigenvalue weighted by Crippen LogP contribution is -2.44. The predicted octanol–water partition coefficient (Wildman–Crippen LogP) is 3.62. The lowest BCUT2D eigenvalue weighted by molar-refractivity contribution is -0.118. The number of ketones is 1. The SMILES string of the molecule is CC(=O)CC1CCCCN1C(=O)c1cccc(Cl)c1C. The minimum absolute atomic E-state index is 0.00375. The Labute approximate surface area is 124 Å². The molecule has 1 atom stereocenters. The van der Waals surface area contributed by atoms with E-state index in [1.807, 2.05) is 17.9 Å². The molecule has 1 saturated heterocycles. The fraction of sp³-hybridized carbons (Fsp3) is 0.500. The Hall–Kier alpha value is -1.35. The first-order valence-electron chi connectivity index (χ1n) is 7.06. The van der Waals surface area contributed by atoms with E-state index in [0.29, 0.717) is 17.0 Å². The van der Waals surface area contributed by atoms with Gasteiger partial charge in [0.1, 0.15) is 5.78 Å². The van der Waals surface area contributed by atoms with Crippen LogP contribution < -0.4 is 0 Å². The van der Waals surface area contributed by atoms with Crippen LogP contribution in [0.1, 0.15) is 48.5 Å².